The standard InChI is InChI=1S/C40H72O4Si2/c1-12-45(13-2,14-3)43-34-25-33(30(7)36(26-34)44-46(15-4,16-5)17-6)21-20-32-19-18-24-39(10)35(32)22-23-37(39)40(11)28-31(29-42-40)27-38(8,9)41/h20-21,31,34-37,41H,7,12-19,22-29H2,1-6,8-11H3/b32-20+,33-21+/t31-,34-,35+,36+,37+,39+,40+/m1/s1. The molecule has 1 aliphatic heterocycles. The first-order valence-electron chi connectivity index (χ1n) is 19.5. The summed E-state index contributed by atoms with van der Waals surface area (Å²) in [5.41, 5.74) is 3.78. The van der Waals surface area contributed by atoms with Gasteiger partial charge in [-0.15, -0.1) is 0 Å². The Balaban J connectivity index is 1.59. The van der Waals surface area contributed by atoms with E-state index in [0.29, 0.717) is 17.8 Å². The lowest BCUT2D eigenvalue weighted by Crippen LogP contribution is -2.46. The van der Waals surface area contributed by atoms with Gasteiger partial charge in [0.1, 0.15) is 0 Å². The molecule has 4 rings (SSSR count). The quantitative estimate of drug-likeness (QED) is 0.187. The lowest BCUT2D eigenvalue weighted by Gasteiger charge is -2.47. The molecule has 4 fully saturated rings. The van der Waals surface area contributed by atoms with Gasteiger partial charge in [0.05, 0.1) is 30.0 Å². The molecule has 46 heavy (non-hydrogen) atoms. The van der Waals surface area contributed by atoms with Crippen LogP contribution in [-0.4, -0.2) is 51.8 Å². The second kappa shape index (κ2) is 15.2. The van der Waals surface area contributed by atoms with Crippen LogP contribution in [0.2, 0.25) is 36.3 Å². The molecule has 0 aromatic rings. The van der Waals surface area contributed by atoms with Crippen LogP contribution in [0, 0.1) is 23.2 Å². The zero-order valence-corrected chi connectivity index (χ0v) is 33.7. The van der Waals surface area contributed by atoms with Gasteiger partial charge in [0.2, 0.25) is 0 Å². The zero-order chi connectivity index (χ0) is 34.0. The molecule has 4 nitrogen and oxygen atoms in total. The predicted octanol–water partition coefficient (Wildman–Crippen LogP) is 11.1. The van der Waals surface area contributed by atoms with Gasteiger partial charge in [-0.2, -0.15) is 0 Å². The molecule has 1 N–H and O–H groups in total. The Bertz CT molecular complexity index is 1080. The van der Waals surface area contributed by atoms with E-state index in [0.717, 1.165) is 32.3 Å². The normalized spacial score (nSPS) is 36.2. The third kappa shape index (κ3) is 8.10. The highest BCUT2D eigenvalue weighted by Gasteiger charge is 2.58. The number of ether oxygens (including phenoxy) is 1. The number of hydrogen-bond acceptors (Lipinski definition) is 4. The van der Waals surface area contributed by atoms with Crippen LogP contribution in [0.3, 0.4) is 0 Å². The Morgan fingerprint density at radius 1 is 0.935 bits per heavy atom. The fourth-order valence-electron chi connectivity index (χ4n) is 10.6. The molecule has 0 aromatic carbocycles. The summed E-state index contributed by atoms with van der Waals surface area (Å²) in [4.78, 5) is 0. The Kier molecular flexibility index (Phi) is 12.6. The van der Waals surface area contributed by atoms with E-state index < -0.39 is 22.2 Å². The maximum absolute atomic E-state index is 10.5. The van der Waals surface area contributed by atoms with Gasteiger partial charge in [-0.1, -0.05) is 72.8 Å². The Labute approximate surface area is 286 Å². The van der Waals surface area contributed by atoms with Gasteiger partial charge >= 0.3 is 0 Å². The summed E-state index contributed by atoms with van der Waals surface area (Å²) >= 11 is 0. The van der Waals surface area contributed by atoms with Crippen LogP contribution in [0.4, 0.5) is 0 Å². The van der Waals surface area contributed by atoms with E-state index in [2.05, 4.69) is 67.5 Å². The third-order valence-electron chi connectivity index (χ3n) is 13.7. The third-order valence-corrected chi connectivity index (χ3v) is 23.1. The molecule has 3 saturated carbocycles. The summed E-state index contributed by atoms with van der Waals surface area (Å²) in [6, 6.07) is 7.06. The first-order valence-corrected chi connectivity index (χ1v) is 24.5. The second-order valence-corrected chi connectivity index (χ2v) is 26.4. The number of hydrogen-bond donors (Lipinski definition) is 1. The fraction of sp³-hybridized carbons (Fsp3) is 0.850. The molecule has 0 spiro atoms. The Hall–Kier alpha value is -0.506. The Morgan fingerprint density at radius 3 is 2.13 bits per heavy atom. The van der Waals surface area contributed by atoms with Gasteiger partial charge in [0.15, 0.2) is 16.6 Å². The molecule has 0 radical (unpaired) electrons. The summed E-state index contributed by atoms with van der Waals surface area (Å²) in [7, 11) is -3.53. The maximum atomic E-state index is 10.5. The minimum absolute atomic E-state index is 0.0796. The number of fused-ring (bicyclic) bond motifs is 1. The van der Waals surface area contributed by atoms with Crippen molar-refractivity contribution in [2.45, 2.75) is 187 Å². The van der Waals surface area contributed by atoms with Crippen LogP contribution < -0.4 is 0 Å². The number of rotatable bonds is 14. The zero-order valence-electron chi connectivity index (χ0n) is 31.7. The van der Waals surface area contributed by atoms with Crippen molar-refractivity contribution >= 4 is 16.6 Å². The first kappa shape index (κ1) is 38.3. The van der Waals surface area contributed by atoms with Gasteiger partial charge in [-0.25, -0.2) is 0 Å². The van der Waals surface area contributed by atoms with Crippen molar-refractivity contribution < 1.29 is 18.7 Å². The van der Waals surface area contributed by atoms with Crippen molar-refractivity contribution in [2.24, 2.45) is 23.2 Å². The lowest BCUT2D eigenvalue weighted by molar-refractivity contribution is -0.0753. The molecule has 4 aliphatic rings. The molecule has 264 valence electrons. The number of allylic oxidation sites excluding steroid dienone is 3. The van der Waals surface area contributed by atoms with Crippen molar-refractivity contribution in [1.82, 2.24) is 0 Å². The molecular weight excluding hydrogens is 601 g/mol. The second-order valence-electron chi connectivity index (χ2n) is 17.0. The molecule has 7 atom stereocenters. The highest BCUT2D eigenvalue weighted by molar-refractivity contribution is 6.74. The summed E-state index contributed by atoms with van der Waals surface area (Å²) in [6.45, 7) is 28.4. The molecule has 0 unspecified atom stereocenters. The summed E-state index contributed by atoms with van der Waals surface area (Å²) in [5, 5.41) is 10.5. The van der Waals surface area contributed by atoms with E-state index >= 15 is 0 Å². The van der Waals surface area contributed by atoms with Crippen molar-refractivity contribution in [1.29, 1.82) is 0 Å². The highest BCUT2D eigenvalue weighted by atomic mass is 28.4. The van der Waals surface area contributed by atoms with Crippen molar-refractivity contribution in [3.63, 3.8) is 0 Å². The smallest absolute Gasteiger partial charge is 0.192 e. The summed E-state index contributed by atoms with van der Waals surface area (Å²) in [5.74, 6) is 1.63. The first-order chi connectivity index (χ1) is 21.6. The van der Waals surface area contributed by atoms with Crippen LogP contribution in [0.15, 0.2) is 35.5 Å². The molecule has 1 heterocycles. The average molecular weight is 673 g/mol. The van der Waals surface area contributed by atoms with E-state index in [9.17, 15) is 5.11 Å². The number of aliphatic hydroxyl groups is 1. The maximum Gasteiger partial charge on any atom is 0.192 e. The van der Waals surface area contributed by atoms with Crippen LogP contribution in [0.1, 0.15) is 127 Å². The van der Waals surface area contributed by atoms with Gasteiger partial charge < -0.3 is 18.7 Å². The molecule has 1 saturated heterocycles. The minimum Gasteiger partial charge on any atom is -0.413 e. The molecule has 0 bridgehead atoms. The van der Waals surface area contributed by atoms with E-state index in [1.165, 1.54) is 79.5 Å². The monoisotopic (exact) mass is 672 g/mol. The molecular formula is C40H72O4Si2. The average Bonchev–Trinajstić information content (AvgIpc) is 3.58. The van der Waals surface area contributed by atoms with Crippen LogP contribution >= 0.6 is 0 Å². The van der Waals surface area contributed by atoms with Gasteiger partial charge in [-0.3, -0.25) is 0 Å². The molecule has 3 aliphatic carbocycles. The van der Waals surface area contributed by atoms with Gasteiger partial charge in [0.25, 0.3) is 0 Å². The summed E-state index contributed by atoms with van der Waals surface area (Å²) < 4.78 is 21.1. The van der Waals surface area contributed by atoms with Crippen molar-refractivity contribution in [3.8, 4) is 0 Å². The predicted molar refractivity (Wildman–Crippen MR) is 200 cm³/mol. The SMILES string of the molecule is C=C1/C(=C/C=C2\CCC[C@@]3(C)[C@H]2CC[C@@H]3[C@]2(C)C[C@@H](CC(C)(C)O)CO2)C[C@@H](O[Si](CC)(CC)CC)C[C@@H]1O[Si](CC)(CC)CC. The van der Waals surface area contributed by atoms with E-state index in [1.807, 2.05) is 13.8 Å². The van der Waals surface area contributed by atoms with Crippen molar-refractivity contribution in [3.05, 3.63) is 35.5 Å². The van der Waals surface area contributed by atoms with Crippen LogP contribution in [-0.2, 0) is 13.6 Å². The van der Waals surface area contributed by atoms with Crippen LogP contribution in [0.5, 0.6) is 0 Å². The summed E-state index contributed by atoms with van der Waals surface area (Å²) in [6.07, 6.45) is 15.4. The van der Waals surface area contributed by atoms with Gasteiger partial charge in [-0.05, 0) is 143 Å². The van der Waals surface area contributed by atoms with E-state index in [4.69, 9.17) is 20.2 Å². The van der Waals surface area contributed by atoms with Crippen LogP contribution in [0.25, 0.3) is 0 Å². The Morgan fingerprint density at radius 2 is 1.54 bits per heavy atom. The fourth-order valence-corrected chi connectivity index (χ4v) is 16.3. The van der Waals surface area contributed by atoms with Gasteiger partial charge in [0, 0.05) is 6.42 Å². The highest BCUT2D eigenvalue weighted by Crippen LogP contribution is 2.62. The lowest BCUT2D eigenvalue weighted by atomic mass is 9.59. The largest absolute Gasteiger partial charge is 0.413 e. The van der Waals surface area contributed by atoms with Crippen molar-refractivity contribution in [2.75, 3.05) is 6.61 Å². The molecule has 0 aromatic heterocycles. The molecule has 6 heteroatoms. The molecule has 0 amide bonds. The van der Waals surface area contributed by atoms with E-state index in [-0.39, 0.29) is 23.2 Å². The minimum atomic E-state index is -1.79. The topological polar surface area (TPSA) is 47.9 Å². The van der Waals surface area contributed by atoms with E-state index in [1.54, 1.807) is 5.57 Å².